The van der Waals surface area contributed by atoms with Gasteiger partial charge in [0.15, 0.2) is 0 Å². The summed E-state index contributed by atoms with van der Waals surface area (Å²) < 4.78 is 5.06. The highest BCUT2D eigenvalue weighted by atomic mass is 16.5. The first-order valence-electron chi connectivity index (χ1n) is 6.41. The molecule has 0 radical (unpaired) electrons. The highest BCUT2D eigenvalue weighted by Crippen LogP contribution is 2.19. The number of carboxylic acids is 1. The topological polar surface area (TPSA) is 88.5 Å². The lowest BCUT2D eigenvalue weighted by Crippen LogP contribution is -2.52. The van der Waals surface area contributed by atoms with Crippen molar-refractivity contribution in [2.75, 3.05) is 7.11 Å². The first kappa shape index (κ1) is 15.9. The van der Waals surface area contributed by atoms with Crippen molar-refractivity contribution in [3.8, 4) is 5.88 Å². The van der Waals surface area contributed by atoms with E-state index in [1.54, 1.807) is 19.1 Å². The van der Waals surface area contributed by atoms with Gasteiger partial charge in [-0.15, -0.1) is 0 Å². The standard InChI is InChI=1S/C14H20N2O4/c1-5-8-14(3,13(18)19)16-11(17)10-7-6-9(2)15-12(10)20-4/h6-7H,5,8H2,1-4H3,(H,16,17)(H,18,19). The van der Waals surface area contributed by atoms with Gasteiger partial charge in [0.1, 0.15) is 11.1 Å². The molecule has 0 spiro atoms. The van der Waals surface area contributed by atoms with Gasteiger partial charge in [-0.1, -0.05) is 13.3 Å². The Morgan fingerprint density at radius 2 is 2.10 bits per heavy atom. The molecule has 1 aromatic heterocycles. The van der Waals surface area contributed by atoms with Crippen molar-refractivity contribution in [2.24, 2.45) is 0 Å². The van der Waals surface area contributed by atoms with Gasteiger partial charge >= 0.3 is 5.97 Å². The quantitative estimate of drug-likeness (QED) is 0.829. The fourth-order valence-electron chi connectivity index (χ4n) is 1.90. The zero-order chi connectivity index (χ0) is 15.3. The molecule has 6 nitrogen and oxygen atoms in total. The summed E-state index contributed by atoms with van der Waals surface area (Å²) in [5, 5.41) is 11.8. The Morgan fingerprint density at radius 1 is 1.45 bits per heavy atom. The van der Waals surface area contributed by atoms with Crippen LogP contribution in [0.4, 0.5) is 0 Å². The van der Waals surface area contributed by atoms with Gasteiger partial charge in [-0.25, -0.2) is 9.78 Å². The minimum Gasteiger partial charge on any atom is -0.480 e. The molecule has 2 N–H and O–H groups in total. The summed E-state index contributed by atoms with van der Waals surface area (Å²) in [4.78, 5) is 27.7. The molecule has 0 aliphatic heterocycles. The number of ether oxygens (including phenoxy) is 1. The Labute approximate surface area is 118 Å². The number of rotatable bonds is 6. The first-order chi connectivity index (χ1) is 9.34. The largest absolute Gasteiger partial charge is 0.480 e. The lowest BCUT2D eigenvalue weighted by atomic mass is 9.96. The monoisotopic (exact) mass is 280 g/mol. The van der Waals surface area contributed by atoms with Gasteiger partial charge in [-0.05, 0) is 32.4 Å². The zero-order valence-corrected chi connectivity index (χ0v) is 12.2. The molecule has 0 aromatic carbocycles. The molecule has 1 rings (SSSR count). The van der Waals surface area contributed by atoms with Gasteiger partial charge in [0, 0.05) is 5.69 Å². The summed E-state index contributed by atoms with van der Waals surface area (Å²) >= 11 is 0. The number of carboxylic acid groups (broad SMARTS) is 1. The number of carbonyl (C=O) groups excluding carboxylic acids is 1. The summed E-state index contributed by atoms with van der Waals surface area (Å²) in [6.07, 6.45) is 0.988. The van der Waals surface area contributed by atoms with Crippen LogP contribution in [-0.2, 0) is 4.79 Å². The maximum Gasteiger partial charge on any atom is 0.329 e. The molecule has 0 aliphatic rings. The fourth-order valence-corrected chi connectivity index (χ4v) is 1.90. The second-order valence-electron chi connectivity index (χ2n) is 4.85. The zero-order valence-electron chi connectivity index (χ0n) is 12.2. The Balaban J connectivity index is 3.04. The van der Waals surface area contributed by atoms with Gasteiger partial charge < -0.3 is 15.2 Å². The minimum absolute atomic E-state index is 0.187. The molecule has 110 valence electrons. The van der Waals surface area contributed by atoms with Crippen molar-refractivity contribution in [1.82, 2.24) is 10.3 Å². The summed E-state index contributed by atoms with van der Waals surface area (Å²) in [7, 11) is 1.42. The molecular formula is C14H20N2O4. The second-order valence-corrected chi connectivity index (χ2v) is 4.85. The van der Waals surface area contributed by atoms with Crippen molar-refractivity contribution in [3.63, 3.8) is 0 Å². The highest BCUT2D eigenvalue weighted by molar-refractivity contribution is 5.99. The molecule has 0 saturated heterocycles. The maximum atomic E-state index is 12.2. The van der Waals surface area contributed by atoms with Crippen LogP contribution in [0.3, 0.4) is 0 Å². The van der Waals surface area contributed by atoms with Crippen LogP contribution >= 0.6 is 0 Å². The van der Waals surface area contributed by atoms with E-state index in [9.17, 15) is 14.7 Å². The minimum atomic E-state index is -1.30. The van der Waals surface area contributed by atoms with Gasteiger partial charge in [0.25, 0.3) is 5.91 Å². The van der Waals surface area contributed by atoms with Gasteiger partial charge in [-0.3, -0.25) is 4.79 Å². The molecule has 1 amide bonds. The number of aromatic nitrogens is 1. The average molecular weight is 280 g/mol. The number of aliphatic carboxylic acids is 1. The maximum absolute atomic E-state index is 12.2. The molecule has 1 aromatic rings. The van der Waals surface area contributed by atoms with Crippen LogP contribution in [0.1, 0.15) is 42.7 Å². The molecule has 1 heterocycles. The molecule has 20 heavy (non-hydrogen) atoms. The summed E-state index contributed by atoms with van der Waals surface area (Å²) in [5.74, 6) is -1.38. The number of pyridine rings is 1. The second kappa shape index (κ2) is 6.36. The highest BCUT2D eigenvalue weighted by Gasteiger charge is 2.34. The van der Waals surface area contributed by atoms with E-state index in [0.29, 0.717) is 18.5 Å². The Kier molecular flexibility index (Phi) is 5.07. The van der Waals surface area contributed by atoms with E-state index in [0.717, 1.165) is 0 Å². The van der Waals surface area contributed by atoms with Crippen LogP contribution in [-0.4, -0.2) is 34.6 Å². The molecular weight excluding hydrogens is 260 g/mol. The van der Waals surface area contributed by atoms with Crippen molar-refractivity contribution in [2.45, 2.75) is 39.2 Å². The van der Waals surface area contributed by atoms with E-state index in [1.165, 1.54) is 14.0 Å². The van der Waals surface area contributed by atoms with Crippen LogP contribution in [0.25, 0.3) is 0 Å². The van der Waals surface area contributed by atoms with E-state index in [2.05, 4.69) is 10.3 Å². The van der Waals surface area contributed by atoms with E-state index in [4.69, 9.17) is 4.74 Å². The average Bonchev–Trinajstić information content (AvgIpc) is 2.38. The Bertz CT molecular complexity index is 516. The number of hydrogen-bond donors (Lipinski definition) is 2. The molecule has 0 fully saturated rings. The van der Waals surface area contributed by atoms with Gasteiger partial charge in [0.2, 0.25) is 5.88 Å². The molecule has 1 unspecified atom stereocenters. The number of methoxy groups -OCH3 is 1. The summed E-state index contributed by atoms with van der Waals surface area (Å²) in [6, 6.07) is 3.25. The fraction of sp³-hybridized carbons (Fsp3) is 0.500. The van der Waals surface area contributed by atoms with Crippen molar-refractivity contribution >= 4 is 11.9 Å². The summed E-state index contributed by atoms with van der Waals surface area (Å²) in [6.45, 7) is 5.13. The normalized spacial score (nSPS) is 13.4. The molecule has 0 aliphatic carbocycles. The van der Waals surface area contributed by atoms with E-state index >= 15 is 0 Å². The van der Waals surface area contributed by atoms with Crippen LogP contribution < -0.4 is 10.1 Å². The third kappa shape index (κ3) is 3.46. The molecule has 0 bridgehead atoms. The smallest absolute Gasteiger partial charge is 0.329 e. The van der Waals surface area contributed by atoms with Crippen molar-refractivity contribution < 1.29 is 19.4 Å². The molecule has 6 heteroatoms. The number of aryl methyl sites for hydroxylation is 1. The lowest BCUT2D eigenvalue weighted by molar-refractivity contribution is -0.144. The van der Waals surface area contributed by atoms with Crippen molar-refractivity contribution in [1.29, 1.82) is 0 Å². The Hall–Kier alpha value is -2.11. The lowest BCUT2D eigenvalue weighted by Gasteiger charge is -2.26. The SMILES string of the molecule is CCCC(C)(NC(=O)c1ccc(C)nc1OC)C(=O)O. The van der Waals surface area contributed by atoms with Crippen LogP contribution in [0.5, 0.6) is 5.88 Å². The van der Waals surface area contributed by atoms with Crippen molar-refractivity contribution in [3.05, 3.63) is 23.4 Å². The predicted octanol–water partition coefficient (Wildman–Crippen LogP) is 1.77. The van der Waals surface area contributed by atoms with Crippen LogP contribution in [0.15, 0.2) is 12.1 Å². The molecule has 0 saturated carbocycles. The Morgan fingerprint density at radius 3 is 2.60 bits per heavy atom. The first-order valence-corrected chi connectivity index (χ1v) is 6.41. The van der Waals surface area contributed by atoms with Gasteiger partial charge in [0.05, 0.1) is 7.11 Å². The predicted molar refractivity (Wildman–Crippen MR) is 73.9 cm³/mol. The number of nitrogens with one attached hydrogen (secondary N) is 1. The molecule has 1 atom stereocenters. The number of hydrogen-bond acceptors (Lipinski definition) is 4. The number of amides is 1. The van der Waals surface area contributed by atoms with Crippen LogP contribution in [0, 0.1) is 6.92 Å². The van der Waals surface area contributed by atoms with E-state index in [-0.39, 0.29) is 11.4 Å². The van der Waals surface area contributed by atoms with E-state index < -0.39 is 17.4 Å². The third-order valence-corrected chi connectivity index (χ3v) is 3.05. The van der Waals surface area contributed by atoms with E-state index in [1.807, 2.05) is 6.92 Å². The van der Waals surface area contributed by atoms with Crippen LogP contribution in [0.2, 0.25) is 0 Å². The number of carbonyl (C=O) groups is 2. The summed E-state index contributed by atoms with van der Waals surface area (Å²) in [5.41, 5.74) is -0.364. The third-order valence-electron chi connectivity index (χ3n) is 3.05. The van der Waals surface area contributed by atoms with Gasteiger partial charge in [-0.2, -0.15) is 0 Å². The number of nitrogens with zero attached hydrogens (tertiary/aromatic N) is 1.